The lowest BCUT2D eigenvalue weighted by Gasteiger charge is -2.13. The van der Waals surface area contributed by atoms with Gasteiger partial charge in [0.25, 0.3) is 0 Å². The van der Waals surface area contributed by atoms with E-state index in [-0.39, 0.29) is 18.9 Å². The Morgan fingerprint density at radius 3 is 2.63 bits per heavy atom. The van der Waals surface area contributed by atoms with Gasteiger partial charge in [0.05, 0.1) is 5.56 Å². The van der Waals surface area contributed by atoms with Gasteiger partial charge in [0.1, 0.15) is 18.5 Å². The second-order valence-corrected chi connectivity index (χ2v) is 5.08. The minimum absolute atomic E-state index is 0.179. The van der Waals surface area contributed by atoms with Crippen LogP contribution in [-0.4, -0.2) is 43.1 Å². The summed E-state index contributed by atoms with van der Waals surface area (Å²) in [7, 11) is -4.34. The highest BCUT2D eigenvalue weighted by atomic mass is 32.2. The van der Waals surface area contributed by atoms with Crippen molar-refractivity contribution in [2.75, 3.05) is 13.2 Å². The smallest absolute Gasteiger partial charge is 0.333 e. The number of nitrogens with one attached hydrogen (secondary N) is 1. The Kier molecular flexibility index (Phi) is 5.43. The average molecular weight is 289 g/mol. The molecule has 0 aliphatic heterocycles. The van der Waals surface area contributed by atoms with Gasteiger partial charge in [-0.3, -0.25) is 9.35 Å². The molecule has 8 heteroatoms. The quantitative estimate of drug-likeness (QED) is 0.482. The van der Waals surface area contributed by atoms with Gasteiger partial charge in [-0.1, -0.05) is 12.1 Å². The number of hydrogen-bond donors (Lipinski definition) is 3. The number of para-hydroxylation sites is 1. The standard InChI is InChI=1S/C11H15NO6S/c1-8(13)10-4-2-3-5-11(10)18-7-9(14)6-12-19(15,16)17/h2-5,9,12,14H,6-7H2,1H3,(H,15,16,17). The number of rotatable bonds is 7. The highest BCUT2D eigenvalue weighted by molar-refractivity contribution is 7.83. The van der Waals surface area contributed by atoms with Crippen molar-refractivity contribution in [2.45, 2.75) is 13.0 Å². The van der Waals surface area contributed by atoms with Crippen molar-refractivity contribution in [1.82, 2.24) is 4.72 Å². The second kappa shape index (κ2) is 6.62. The fourth-order valence-corrected chi connectivity index (χ4v) is 1.73. The van der Waals surface area contributed by atoms with E-state index in [4.69, 9.17) is 9.29 Å². The third kappa shape index (κ3) is 5.79. The molecule has 0 fully saturated rings. The van der Waals surface area contributed by atoms with Gasteiger partial charge in [-0.25, -0.2) is 0 Å². The predicted molar refractivity (Wildman–Crippen MR) is 67.5 cm³/mol. The Labute approximate surface area is 111 Å². The van der Waals surface area contributed by atoms with Gasteiger partial charge in [-0.2, -0.15) is 13.1 Å². The van der Waals surface area contributed by atoms with Gasteiger partial charge in [0.15, 0.2) is 5.78 Å². The Hall–Kier alpha value is -1.48. The summed E-state index contributed by atoms with van der Waals surface area (Å²) in [6.07, 6.45) is -1.15. The first-order valence-electron chi connectivity index (χ1n) is 5.42. The summed E-state index contributed by atoms with van der Waals surface area (Å²) in [5.74, 6) is 0.127. The molecule has 0 aliphatic rings. The molecule has 0 heterocycles. The number of hydrogen-bond acceptors (Lipinski definition) is 5. The third-order valence-electron chi connectivity index (χ3n) is 2.20. The molecular weight excluding hydrogens is 274 g/mol. The van der Waals surface area contributed by atoms with Crippen LogP contribution in [-0.2, 0) is 10.3 Å². The zero-order valence-corrected chi connectivity index (χ0v) is 11.1. The Balaban J connectivity index is 2.55. The van der Waals surface area contributed by atoms with Crippen LogP contribution < -0.4 is 9.46 Å². The van der Waals surface area contributed by atoms with Gasteiger partial charge in [-0.15, -0.1) is 0 Å². The van der Waals surface area contributed by atoms with Crippen LogP contribution in [0.4, 0.5) is 0 Å². The van der Waals surface area contributed by atoms with Crippen molar-refractivity contribution in [3.05, 3.63) is 29.8 Å². The van der Waals surface area contributed by atoms with E-state index in [0.29, 0.717) is 11.3 Å². The zero-order valence-electron chi connectivity index (χ0n) is 10.2. The summed E-state index contributed by atoms with van der Waals surface area (Å²) in [6.45, 7) is 0.784. The van der Waals surface area contributed by atoms with Crippen LogP contribution in [0.5, 0.6) is 5.75 Å². The van der Waals surface area contributed by atoms with E-state index in [1.165, 1.54) is 6.92 Å². The molecule has 1 atom stereocenters. The Bertz CT molecular complexity index is 542. The summed E-state index contributed by atoms with van der Waals surface area (Å²) >= 11 is 0. The Morgan fingerprint density at radius 1 is 1.42 bits per heavy atom. The predicted octanol–water partition coefficient (Wildman–Crippen LogP) is 0.0213. The van der Waals surface area contributed by atoms with Crippen molar-refractivity contribution in [1.29, 1.82) is 0 Å². The number of Topliss-reactive ketones (excluding diaryl/α,β-unsaturated/α-hetero) is 1. The van der Waals surface area contributed by atoms with Gasteiger partial charge in [0.2, 0.25) is 0 Å². The van der Waals surface area contributed by atoms with E-state index in [0.717, 1.165) is 0 Å². The summed E-state index contributed by atoms with van der Waals surface area (Å²) in [5.41, 5.74) is 0.373. The maximum absolute atomic E-state index is 11.3. The second-order valence-electron chi connectivity index (χ2n) is 3.84. The highest BCUT2D eigenvalue weighted by Gasteiger charge is 2.12. The first kappa shape index (κ1) is 15.6. The average Bonchev–Trinajstić information content (AvgIpc) is 2.33. The molecule has 0 amide bonds. The van der Waals surface area contributed by atoms with Crippen LogP contribution in [0.1, 0.15) is 17.3 Å². The lowest BCUT2D eigenvalue weighted by atomic mass is 10.1. The number of ketones is 1. The summed E-state index contributed by atoms with van der Waals surface area (Å²) in [4.78, 5) is 11.3. The maximum atomic E-state index is 11.3. The van der Waals surface area contributed by atoms with E-state index in [1.54, 1.807) is 29.0 Å². The van der Waals surface area contributed by atoms with Crippen molar-refractivity contribution < 1.29 is 27.6 Å². The maximum Gasteiger partial charge on any atom is 0.333 e. The van der Waals surface area contributed by atoms with Crippen LogP contribution in [0.3, 0.4) is 0 Å². The molecule has 1 aromatic rings. The molecular formula is C11H15NO6S. The fourth-order valence-electron chi connectivity index (χ4n) is 1.33. The number of aliphatic hydroxyl groups is 1. The number of ether oxygens (including phenoxy) is 1. The van der Waals surface area contributed by atoms with Crippen LogP contribution in [0, 0.1) is 0 Å². The van der Waals surface area contributed by atoms with E-state index in [9.17, 15) is 18.3 Å². The largest absolute Gasteiger partial charge is 0.490 e. The van der Waals surface area contributed by atoms with E-state index in [1.807, 2.05) is 0 Å². The number of carbonyl (C=O) groups excluding carboxylic acids is 1. The monoisotopic (exact) mass is 289 g/mol. The van der Waals surface area contributed by atoms with Gasteiger partial charge < -0.3 is 9.84 Å². The molecule has 3 N–H and O–H groups in total. The van der Waals surface area contributed by atoms with Gasteiger partial charge in [-0.05, 0) is 19.1 Å². The molecule has 0 spiro atoms. The van der Waals surface area contributed by atoms with E-state index < -0.39 is 16.4 Å². The van der Waals surface area contributed by atoms with Crippen LogP contribution in [0.15, 0.2) is 24.3 Å². The summed E-state index contributed by atoms with van der Waals surface area (Å²) in [5, 5.41) is 9.46. The number of aliphatic hydroxyl groups excluding tert-OH is 1. The number of carbonyl (C=O) groups is 1. The summed E-state index contributed by atoms with van der Waals surface area (Å²) in [6, 6.07) is 6.50. The Morgan fingerprint density at radius 2 is 2.05 bits per heavy atom. The third-order valence-corrected chi connectivity index (χ3v) is 2.73. The molecule has 0 saturated heterocycles. The van der Waals surface area contributed by atoms with Gasteiger partial charge >= 0.3 is 10.3 Å². The molecule has 106 valence electrons. The zero-order chi connectivity index (χ0) is 14.5. The molecule has 1 unspecified atom stereocenters. The van der Waals surface area contributed by atoms with Crippen LogP contribution in [0.25, 0.3) is 0 Å². The minimum atomic E-state index is -4.34. The first-order chi connectivity index (χ1) is 8.79. The van der Waals surface area contributed by atoms with E-state index >= 15 is 0 Å². The molecule has 0 bridgehead atoms. The van der Waals surface area contributed by atoms with E-state index in [2.05, 4.69) is 0 Å². The minimum Gasteiger partial charge on any atom is -0.490 e. The SMILES string of the molecule is CC(=O)c1ccccc1OCC(O)CNS(=O)(=O)O. The molecule has 19 heavy (non-hydrogen) atoms. The van der Waals surface area contributed by atoms with Crippen LogP contribution >= 0.6 is 0 Å². The lowest BCUT2D eigenvalue weighted by molar-refractivity contribution is 0.0983. The number of benzene rings is 1. The topological polar surface area (TPSA) is 113 Å². The molecule has 1 aromatic carbocycles. The lowest BCUT2D eigenvalue weighted by Crippen LogP contribution is -2.34. The summed E-state index contributed by atoms with van der Waals surface area (Å²) < 4.78 is 36.2. The van der Waals surface area contributed by atoms with Crippen LogP contribution in [0.2, 0.25) is 0 Å². The van der Waals surface area contributed by atoms with Crippen molar-refractivity contribution in [3.8, 4) is 5.75 Å². The molecule has 0 radical (unpaired) electrons. The molecule has 0 aromatic heterocycles. The van der Waals surface area contributed by atoms with Gasteiger partial charge in [0, 0.05) is 6.54 Å². The molecule has 0 aliphatic carbocycles. The van der Waals surface area contributed by atoms with Crippen molar-refractivity contribution in [3.63, 3.8) is 0 Å². The fraction of sp³-hybridized carbons (Fsp3) is 0.364. The van der Waals surface area contributed by atoms with Crippen molar-refractivity contribution >= 4 is 16.1 Å². The first-order valence-corrected chi connectivity index (χ1v) is 6.86. The van der Waals surface area contributed by atoms with Crippen molar-refractivity contribution in [2.24, 2.45) is 0 Å². The molecule has 1 rings (SSSR count). The molecule has 0 saturated carbocycles. The molecule has 7 nitrogen and oxygen atoms in total. The highest BCUT2D eigenvalue weighted by Crippen LogP contribution is 2.18. The normalized spacial score (nSPS) is 13.0.